The summed E-state index contributed by atoms with van der Waals surface area (Å²) < 4.78 is 6.93. The van der Waals surface area contributed by atoms with Gasteiger partial charge in [-0.2, -0.15) is 0 Å². The van der Waals surface area contributed by atoms with Crippen molar-refractivity contribution in [1.29, 1.82) is 0 Å². The number of ether oxygens (including phenoxy) is 1. The minimum absolute atomic E-state index is 0.106. The lowest BCUT2D eigenvalue weighted by Gasteiger charge is -2.16. The molecule has 21 heavy (non-hydrogen) atoms. The molecular weight excluding hydrogens is 326 g/mol. The van der Waals surface area contributed by atoms with Gasteiger partial charge < -0.3 is 10.5 Å². The largest absolute Gasteiger partial charge is 0.490 e. The fourth-order valence-corrected chi connectivity index (χ4v) is 2.71. The molecule has 1 atom stereocenters. The average molecular weight is 346 g/mol. The van der Waals surface area contributed by atoms with Crippen LogP contribution in [0.3, 0.4) is 0 Å². The van der Waals surface area contributed by atoms with Gasteiger partial charge in [0.2, 0.25) is 0 Å². The number of hydrogen-bond donors (Lipinski definition) is 1. The van der Waals surface area contributed by atoms with Crippen LogP contribution in [0.25, 0.3) is 0 Å². The lowest BCUT2D eigenvalue weighted by atomic mass is 9.96. The molecule has 1 fully saturated rings. The first-order valence-electron chi connectivity index (χ1n) is 7.33. The molecule has 110 valence electrons. The van der Waals surface area contributed by atoms with E-state index in [1.54, 1.807) is 0 Å². The predicted octanol–water partition coefficient (Wildman–Crippen LogP) is 4.66. The smallest absolute Gasteiger partial charge is 0.119 e. The van der Waals surface area contributed by atoms with Gasteiger partial charge in [-0.3, -0.25) is 0 Å². The highest BCUT2D eigenvalue weighted by Gasteiger charge is 2.23. The van der Waals surface area contributed by atoms with Crippen LogP contribution >= 0.6 is 15.9 Å². The zero-order valence-electron chi connectivity index (χ0n) is 12.4. The molecule has 1 aliphatic rings. The van der Waals surface area contributed by atoms with Crippen LogP contribution in [-0.4, -0.2) is 6.10 Å². The summed E-state index contributed by atoms with van der Waals surface area (Å²) in [6, 6.07) is 12.4. The van der Waals surface area contributed by atoms with Crippen LogP contribution < -0.4 is 10.5 Å². The molecule has 1 saturated carbocycles. The van der Waals surface area contributed by atoms with Gasteiger partial charge in [-0.1, -0.05) is 40.2 Å². The van der Waals surface area contributed by atoms with Crippen LogP contribution in [0.4, 0.5) is 0 Å². The Labute approximate surface area is 134 Å². The van der Waals surface area contributed by atoms with Gasteiger partial charge in [-0.05, 0) is 61.1 Å². The topological polar surface area (TPSA) is 35.2 Å². The molecule has 0 aromatic heterocycles. The first-order valence-corrected chi connectivity index (χ1v) is 8.13. The summed E-state index contributed by atoms with van der Waals surface area (Å²) in [7, 11) is 0. The Balaban J connectivity index is 1.82. The highest BCUT2D eigenvalue weighted by molar-refractivity contribution is 9.10. The fourth-order valence-electron chi connectivity index (χ4n) is 2.48. The van der Waals surface area contributed by atoms with E-state index in [9.17, 15) is 0 Å². The summed E-state index contributed by atoms with van der Waals surface area (Å²) in [5.41, 5.74) is 11.1. The lowest BCUT2D eigenvalue weighted by molar-refractivity contribution is 0.303. The molecule has 2 aromatic rings. The van der Waals surface area contributed by atoms with Gasteiger partial charge in [0.25, 0.3) is 0 Å². The van der Waals surface area contributed by atoms with Crippen molar-refractivity contribution in [2.24, 2.45) is 5.73 Å². The minimum atomic E-state index is -0.106. The zero-order valence-corrected chi connectivity index (χ0v) is 14.0. The second-order valence-corrected chi connectivity index (χ2v) is 6.63. The Hall–Kier alpha value is -1.32. The van der Waals surface area contributed by atoms with Crippen molar-refractivity contribution < 1.29 is 4.74 Å². The SMILES string of the molecule is Cc1cc(C(N)c2ccc(OC3CC3)cc2)cc(C)c1Br. The molecule has 1 unspecified atom stereocenters. The first-order chi connectivity index (χ1) is 10.0. The van der Waals surface area contributed by atoms with Crippen LogP contribution in [0.2, 0.25) is 0 Å². The van der Waals surface area contributed by atoms with Gasteiger partial charge in [0.15, 0.2) is 0 Å². The van der Waals surface area contributed by atoms with E-state index in [0.29, 0.717) is 6.10 Å². The molecule has 1 aliphatic carbocycles. The summed E-state index contributed by atoms with van der Waals surface area (Å²) in [4.78, 5) is 0. The lowest BCUT2D eigenvalue weighted by Crippen LogP contribution is -2.12. The van der Waals surface area contributed by atoms with Gasteiger partial charge in [-0.25, -0.2) is 0 Å². The van der Waals surface area contributed by atoms with E-state index in [-0.39, 0.29) is 6.04 Å². The molecule has 3 heteroatoms. The van der Waals surface area contributed by atoms with Gasteiger partial charge in [0.05, 0.1) is 12.1 Å². The van der Waals surface area contributed by atoms with Crippen molar-refractivity contribution in [3.05, 3.63) is 63.1 Å². The number of halogens is 1. The second kappa shape index (κ2) is 5.82. The number of nitrogens with two attached hydrogens (primary N) is 1. The van der Waals surface area contributed by atoms with E-state index in [0.717, 1.165) is 21.3 Å². The number of benzene rings is 2. The zero-order chi connectivity index (χ0) is 15.0. The van der Waals surface area contributed by atoms with Crippen molar-refractivity contribution in [2.75, 3.05) is 0 Å². The maximum absolute atomic E-state index is 6.41. The van der Waals surface area contributed by atoms with E-state index in [2.05, 4.69) is 54.0 Å². The molecule has 0 radical (unpaired) electrons. The van der Waals surface area contributed by atoms with Crippen LogP contribution in [0, 0.1) is 13.8 Å². The summed E-state index contributed by atoms with van der Waals surface area (Å²) in [6.07, 6.45) is 2.79. The summed E-state index contributed by atoms with van der Waals surface area (Å²) >= 11 is 3.60. The Morgan fingerprint density at radius 3 is 2.14 bits per heavy atom. The van der Waals surface area contributed by atoms with Crippen molar-refractivity contribution in [2.45, 2.75) is 38.8 Å². The molecule has 0 heterocycles. The standard InChI is InChI=1S/C18H20BrNO/c1-11-9-14(10-12(2)17(11)19)18(20)13-3-5-15(6-4-13)21-16-7-8-16/h3-6,9-10,16,18H,7-8,20H2,1-2H3. The van der Waals surface area contributed by atoms with E-state index < -0.39 is 0 Å². The number of rotatable bonds is 4. The Kier molecular flexibility index (Phi) is 4.05. The normalized spacial score (nSPS) is 15.8. The molecule has 0 saturated heterocycles. The quantitative estimate of drug-likeness (QED) is 0.874. The van der Waals surface area contributed by atoms with Crippen LogP contribution in [-0.2, 0) is 0 Å². The summed E-state index contributed by atoms with van der Waals surface area (Å²) in [6.45, 7) is 4.19. The monoisotopic (exact) mass is 345 g/mol. The molecule has 0 aliphatic heterocycles. The van der Waals surface area contributed by atoms with Gasteiger partial charge in [-0.15, -0.1) is 0 Å². The van der Waals surface area contributed by atoms with E-state index >= 15 is 0 Å². The van der Waals surface area contributed by atoms with Gasteiger partial charge in [0, 0.05) is 4.47 Å². The molecular formula is C18H20BrNO. The van der Waals surface area contributed by atoms with Crippen molar-refractivity contribution >= 4 is 15.9 Å². The predicted molar refractivity (Wildman–Crippen MR) is 89.7 cm³/mol. The molecule has 2 N–H and O–H groups in total. The maximum atomic E-state index is 6.41. The summed E-state index contributed by atoms with van der Waals surface area (Å²) in [5, 5.41) is 0. The fraction of sp³-hybridized carbons (Fsp3) is 0.333. The molecule has 0 spiro atoms. The third kappa shape index (κ3) is 3.30. The van der Waals surface area contributed by atoms with Crippen molar-refractivity contribution in [1.82, 2.24) is 0 Å². The van der Waals surface area contributed by atoms with E-state index in [1.807, 2.05) is 12.1 Å². The molecule has 0 bridgehead atoms. The maximum Gasteiger partial charge on any atom is 0.119 e. The van der Waals surface area contributed by atoms with E-state index in [1.165, 1.54) is 24.0 Å². The third-order valence-corrected chi connectivity index (χ3v) is 5.14. The number of hydrogen-bond acceptors (Lipinski definition) is 2. The highest BCUT2D eigenvalue weighted by Crippen LogP contribution is 2.30. The van der Waals surface area contributed by atoms with Crippen LogP contribution in [0.1, 0.15) is 41.1 Å². The van der Waals surface area contributed by atoms with Crippen LogP contribution in [0.5, 0.6) is 5.75 Å². The Bertz CT molecular complexity index is 624. The summed E-state index contributed by atoms with van der Waals surface area (Å²) in [5.74, 6) is 0.941. The molecule has 3 rings (SSSR count). The van der Waals surface area contributed by atoms with Gasteiger partial charge in [0.1, 0.15) is 5.75 Å². The number of aryl methyl sites for hydroxylation is 2. The Morgan fingerprint density at radius 1 is 1.05 bits per heavy atom. The minimum Gasteiger partial charge on any atom is -0.490 e. The average Bonchev–Trinajstić information content (AvgIpc) is 3.28. The highest BCUT2D eigenvalue weighted by atomic mass is 79.9. The molecule has 0 amide bonds. The van der Waals surface area contributed by atoms with E-state index in [4.69, 9.17) is 10.5 Å². The first kappa shape index (κ1) is 14.6. The Morgan fingerprint density at radius 2 is 1.62 bits per heavy atom. The van der Waals surface area contributed by atoms with Gasteiger partial charge >= 0.3 is 0 Å². The van der Waals surface area contributed by atoms with Crippen molar-refractivity contribution in [3.8, 4) is 5.75 Å². The van der Waals surface area contributed by atoms with Crippen molar-refractivity contribution in [3.63, 3.8) is 0 Å². The molecule has 2 nitrogen and oxygen atoms in total. The third-order valence-electron chi connectivity index (χ3n) is 3.88. The second-order valence-electron chi connectivity index (χ2n) is 5.83. The molecule has 2 aromatic carbocycles. The van der Waals surface area contributed by atoms with Crippen LogP contribution in [0.15, 0.2) is 40.9 Å².